The predicted octanol–water partition coefficient (Wildman–Crippen LogP) is 13.5. The Labute approximate surface area is 648 Å². The summed E-state index contributed by atoms with van der Waals surface area (Å²) >= 11 is 0. The molecule has 4 aliphatic heterocycles. The van der Waals surface area contributed by atoms with Crippen LogP contribution < -0.4 is 40.3 Å². The predicted molar refractivity (Wildman–Crippen MR) is 426 cm³/mol. The summed E-state index contributed by atoms with van der Waals surface area (Å²) in [7, 11) is -12.3. The fraction of sp³-hybridized carbons (Fsp3) is 0.390. The third-order valence-electron chi connectivity index (χ3n) is 20.6. The molecular formula is C82H96F3N13O10S3. The van der Waals surface area contributed by atoms with Gasteiger partial charge in [0.1, 0.15) is 39.7 Å². The normalized spacial score (nSPS) is 19.2. The highest BCUT2D eigenvalue weighted by molar-refractivity contribution is 7.92. The minimum absolute atomic E-state index is 0.00359. The molecule has 111 heavy (non-hydrogen) atoms. The van der Waals surface area contributed by atoms with Crippen LogP contribution in [0.25, 0.3) is 33.3 Å². The summed E-state index contributed by atoms with van der Waals surface area (Å²) in [4.78, 5) is 68.2. The number of fused-ring (bicyclic) bond motifs is 1. The molecule has 9 heterocycles. The van der Waals surface area contributed by atoms with E-state index in [1.165, 1.54) is 69.3 Å². The third-order valence-corrected chi connectivity index (χ3v) is 25.0. The van der Waals surface area contributed by atoms with Crippen LogP contribution in [0.4, 0.5) is 36.4 Å². The molecule has 4 aromatic carbocycles. The number of nitrogens with one attached hydrogen (secondary N) is 2. The quantitative estimate of drug-likeness (QED) is 0.0515. The van der Waals surface area contributed by atoms with E-state index in [0.29, 0.717) is 96.5 Å². The van der Waals surface area contributed by atoms with Gasteiger partial charge in [-0.25, -0.2) is 51.2 Å². The van der Waals surface area contributed by atoms with Gasteiger partial charge in [0.2, 0.25) is 9.84 Å². The summed E-state index contributed by atoms with van der Waals surface area (Å²) < 4.78 is 129. The van der Waals surface area contributed by atoms with E-state index >= 15 is 0 Å². The molecule has 0 saturated carbocycles. The van der Waals surface area contributed by atoms with E-state index in [0.717, 1.165) is 43.5 Å². The Morgan fingerprint density at radius 2 is 1.15 bits per heavy atom. The number of benzene rings is 4. The fourth-order valence-electron chi connectivity index (χ4n) is 15.7. The second-order valence-corrected chi connectivity index (χ2v) is 36.5. The van der Waals surface area contributed by atoms with E-state index in [4.69, 9.17) is 21.2 Å². The first kappa shape index (κ1) is 82.0. The molecule has 0 bridgehead atoms. The van der Waals surface area contributed by atoms with Crippen molar-refractivity contribution in [3.63, 3.8) is 0 Å². The van der Waals surface area contributed by atoms with Crippen molar-refractivity contribution in [1.29, 1.82) is 0 Å². The van der Waals surface area contributed by atoms with E-state index < -0.39 is 70.7 Å². The van der Waals surface area contributed by atoms with Gasteiger partial charge in [-0.05, 0) is 206 Å². The largest absolute Gasteiger partial charge is 0.493 e. The second kappa shape index (κ2) is 32.8. The van der Waals surface area contributed by atoms with Crippen LogP contribution in [0, 0.1) is 17.8 Å². The van der Waals surface area contributed by atoms with Gasteiger partial charge in [0.25, 0.3) is 21.8 Å². The number of hydrogen-bond donors (Lipinski definition) is 4. The van der Waals surface area contributed by atoms with Crippen molar-refractivity contribution >= 4 is 81.7 Å². The first-order chi connectivity index (χ1) is 52.2. The number of aromatic nitrogens is 5. The number of nitrogen functional groups attached to an aromatic ring is 1. The Morgan fingerprint density at radius 3 is 1.74 bits per heavy atom. The maximum Gasteiger partial charge on any atom is 0.416 e. The Kier molecular flexibility index (Phi) is 24.2. The SMILES string of the molecule is CC1CN(c2ncccc2C(=O)CS(=O)(=O)c2cccc(CC(C)c3cccc4ccccc34)n2)C(C)(C)C1.CCOc1ccccc1-c1ccc(C(=O)NS(=O)(=O)N2CC[C@H](N)C2)c(N2C[C@@H](C)CC2(C)C)n1.C[C@@H]1CN(c2nc(-c3ccc(C(F)(F)F)cc3)ccc2C(=O)NS(=O)(=O)c2cccnc2N)C(C)(C)C1. The number of carbonyl (C=O) groups is 3. The zero-order valence-electron chi connectivity index (χ0n) is 64.2. The number of para-hydroxylation sites is 1. The van der Waals surface area contributed by atoms with Crippen molar-refractivity contribution in [1.82, 2.24) is 38.7 Å². The molecule has 588 valence electrons. The molecule has 4 fully saturated rings. The molecule has 5 aromatic heterocycles. The van der Waals surface area contributed by atoms with Crippen LogP contribution in [0.3, 0.4) is 0 Å². The lowest BCUT2D eigenvalue weighted by atomic mass is 9.91. The van der Waals surface area contributed by atoms with Crippen LogP contribution >= 0.6 is 0 Å². The number of anilines is 4. The summed E-state index contributed by atoms with van der Waals surface area (Å²) in [6, 6.07) is 43.7. The lowest BCUT2D eigenvalue weighted by molar-refractivity contribution is -0.137. The van der Waals surface area contributed by atoms with Crippen LogP contribution in [-0.2, 0) is 42.7 Å². The van der Waals surface area contributed by atoms with Crippen molar-refractivity contribution in [3.8, 4) is 28.3 Å². The highest BCUT2D eigenvalue weighted by Gasteiger charge is 2.43. The first-order valence-electron chi connectivity index (χ1n) is 37.0. The zero-order chi connectivity index (χ0) is 80.3. The average molecular weight is 1580 g/mol. The molecule has 2 amide bonds. The number of halogens is 3. The van der Waals surface area contributed by atoms with Crippen LogP contribution in [-0.4, -0.2) is 140 Å². The number of rotatable bonds is 20. The lowest BCUT2D eigenvalue weighted by Gasteiger charge is -2.34. The van der Waals surface area contributed by atoms with Gasteiger partial charge in [-0.2, -0.15) is 25.9 Å². The standard InChI is InChI=1S/C32H35N3O3S.C25H26F3N5O3S.C25H35N5O4S/c1-22-19-32(3,4)35(20-22)31-28(15-9-17-33-31)29(36)21-39(37,38)30-16-8-12-25(34-30)18-23(2)26-14-7-11-24-10-5-6-13-27(24)26;1-15-13-24(2,3)33(14-15)22-18(23(34)32-37(35,36)20-5-4-12-30-21(20)29)10-11-19(31-22)16-6-8-17(9-7-16)25(26,27)28;1-5-34-22-9-7-6-8-19(22)21-11-10-20(23(27-21)30-15-17(2)14-25(30,3)4)24(31)28-35(32,33)29-13-12-18(26)16-29/h5-17,22-23H,18-21H2,1-4H3;4-12,15H,13-14H2,1-3H3,(H2,29,30)(H,32,34);6-11,17-18H,5,12-16,26H2,1-4H3,(H,28,31)/t;15-;17-,18-/m.00/s1. The van der Waals surface area contributed by atoms with Crippen molar-refractivity contribution in [2.24, 2.45) is 23.5 Å². The number of Topliss-reactive ketones (excluding diaryl/α,β-unsaturated/α-hetero) is 1. The van der Waals surface area contributed by atoms with Crippen LogP contribution in [0.15, 0.2) is 180 Å². The van der Waals surface area contributed by atoms with Crippen molar-refractivity contribution in [2.45, 2.75) is 153 Å². The number of pyridine rings is 5. The second-order valence-electron chi connectivity index (χ2n) is 31.2. The van der Waals surface area contributed by atoms with Gasteiger partial charge in [0.15, 0.2) is 10.8 Å². The molecule has 0 radical (unpaired) electrons. The van der Waals surface area contributed by atoms with Crippen molar-refractivity contribution < 1.29 is 57.5 Å². The number of alkyl halides is 3. The van der Waals surface area contributed by atoms with Gasteiger partial charge < -0.3 is 30.9 Å². The maximum atomic E-state index is 13.4. The topological polar surface area (TPSA) is 316 Å². The zero-order valence-corrected chi connectivity index (χ0v) is 66.6. The minimum Gasteiger partial charge on any atom is -0.493 e. The molecule has 13 rings (SSSR count). The van der Waals surface area contributed by atoms with Gasteiger partial charge >= 0.3 is 16.4 Å². The number of sulfone groups is 1. The molecule has 0 spiro atoms. The number of sulfonamides is 1. The van der Waals surface area contributed by atoms with Gasteiger partial charge in [0, 0.05) is 84.6 Å². The molecular weight excluding hydrogens is 1480 g/mol. The molecule has 23 nitrogen and oxygen atoms in total. The lowest BCUT2D eigenvalue weighted by Crippen LogP contribution is -2.44. The molecule has 9 aromatic rings. The molecule has 4 aliphatic rings. The number of hydrogen-bond acceptors (Lipinski definition) is 20. The Balaban J connectivity index is 0.000000165. The van der Waals surface area contributed by atoms with E-state index in [9.17, 15) is 52.8 Å². The highest BCUT2D eigenvalue weighted by atomic mass is 32.2. The number of ketones is 1. The average Bonchev–Trinajstić information content (AvgIpc) is 1.65. The summed E-state index contributed by atoms with van der Waals surface area (Å²) in [5.74, 6) is 0.219. The monoisotopic (exact) mass is 1580 g/mol. The molecule has 2 unspecified atom stereocenters. The van der Waals surface area contributed by atoms with Crippen molar-refractivity contribution in [3.05, 3.63) is 204 Å². The van der Waals surface area contributed by atoms with Crippen LogP contribution in [0.5, 0.6) is 5.75 Å². The van der Waals surface area contributed by atoms with Gasteiger partial charge in [-0.15, -0.1) is 0 Å². The van der Waals surface area contributed by atoms with Gasteiger partial charge in [-0.1, -0.05) is 100 Å². The van der Waals surface area contributed by atoms with E-state index in [1.807, 2.05) is 78.9 Å². The van der Waals surface area contributed by atoms with E-state index in [1.54, 1.807) is 36.5 Å². The fourth-order valence-corrected chi connectivity index (χ4v) is 19.2. The molecule has 5 atom stereocenters. The molecule has 4 saturated heterocycles. The number of nitrogens with zero attached hydrogens (tertiary/aromatic N) is 9. The third kappa shape index (κ3) is 18.8. The number of nitrogens with two attached hydrogens (primary N) is 2. The number of ether oxygens (including phenoxy) is 1. The molecule has 0 aliphatic carbocycles. The Hall–Kier alpha value is -9.94. The number of amides is 2. The summed E-state index contributed by atoms with van der Waals surface area (Å²) in [5, 5.41) is 2.29. The summed E-state index contributed by atoms with van der Waals surface area (Å²) in [5.41, 5.74) is 14.6. The smallest absolute Gasteiger partial charge is 0.416 e. The summed E-state index contributed by atoms with van der Waals surface area (Å²) in [6.45, 7) is 25.9. The van der Waals surface area contributed by atoms with Crippen molar-refractivity contribution in [2.75, 3.05) is 65.5 Å². The molecule has 6 N–H and O–H groups in total. The Morgan fingerprint density at radius 1 is 0.604 bits per heavy atom. The van der Waals surface area contributed by atoms with E-state index in [2.05, 4.69) is 114 Å². The Bertz CT molecular complexity index is 5300. The maximum absolute atomic E-state index is 13.4. The van der Waals surface area contributed by atoms with Gasteiger partial charge in [0.05, 0.1) is 40.2 Å². The first-order valence-corrected chi connectivity index (χ1v) is 41.6. The summed E-state index contributed by atoms with van der Waals surface area (Å²) in [6.07, 6.45) is 2.36. The van der Waals surface area contributed by atoms with Crippen LogP contribution in [0.1, 0.15) is 156 Å². The van der Waals surface area contributed by atoms with Gasteiger partial charge in [-0.3, -0.25) is 14.4 Å². The molecule has 29 heteroatoms. The number of carbonyl (C=O) groups excluding carboxylic acids is 3. The van der Waals surface area contributed by atoms with Crippen LogP contribution in [0.2, 0.25) is 0 Å². The highest BCUT2D eigenvalue weighted by Crippen LogP contribution is 2.43. The van der Waals surface area contributed by atoms with E-state index in [-0.39, 0.29) is 68.2 Å². The minimum atomic E-state index is -4.47.